The Morgan fingerprint density at radius 3 is 2.86 bits per heavy atom. The van der Waals surface area contributed by atoms with Gasteiger partial charge in [-0.25, -0.2) is 0 Å². The molecular formula is C10H8ClNO2. The van der Waals surface area contributed by atoms with Gasteiger partial charge in [-0.05, 0) is 12.1 Å². The summed E-state index contributed by atoms with van der Waals surface area (Å²) >= 11 is 5.89. The van der Waals surface area contributed by atoms with Gasteiger partial charge in [0.25, 0.3) is 0 Å². The Labute approximate surface area is 86.2 Å². The first-order valence-electron chi connectivity index (χ1n) is 4.13. The van der Waals surface area contributed by atoms with Gasteiger partial charge in [-0.15, -0.1) is 0 Å². The Morgan fingerprint density at radius 1 is 1.29 bits per heavy atom. The zero-order valence-corrected chi connectivity index (χ0v) is 8.07. The van der Waals surface area contributed by atoms with Crippen LogP contribution in [0.3, 0.4) is 0 Å². The van der Waals surface area contributed by atoms with E-state index in [0.29, 0.717) is 23.1 Å². The highest BCUT2D eigenvalue weighted by Gasteiger charge is 2.01. The van der Waals surface area contributed by atoms with Gasteiger partial charge in [-0.1, -0.05) is 28.9 Å². The average molecular weight is 210 g/mol. The predicted octanol–water partition coefficient (Wildman–Crippen LogP) is 2.91. The van der Waals surface area contributed by atoms with Crippen LogP contribution in [0, 0.1) is 0 Å². The van der Waals surface area contributed by atoms with Crippen LogP contribution in [0.15, 0.2) is 41.1 Å². The fraction of sp³-hybridized carbons (Fsp3) is 0.100. The van der Waals surface area contributed by atoms with Crippen molar-refractivity contribution in [3.63, 3.8) is 0 Å². The molecule has 1 aromatic carbocycles. The first-order valence-corrected chi connectivity index (χ1v) is 4.51. The van der Waals surface area contributed by atoms with E-state index in [4.69, 9.17) is 20.9 Å². The Morgan fingerprint density at radius 2 is 2.14 bits per heavy atom. The number of benzene rings is 1. The van der Waals surface area contributed by atoms with E-state index >= 15 is 0 Å². The topological polar surface area (TPSA) is 35.3 Å². The highest BCUT2D eigenvalue weighted by atomic mass is 35.5. The van der Waals surface area contributed by atoms with Crippen molar-refractivity contribution >= 4 is 11.6 Å². The van der Waals surface area contributed by atoms with E-state index in [-0.39, 0.29) is 0 Å². The Bertz CT molecular complexity index is 400. The van der Waals surface area contributed by atoms with Gasteiger partial charge in [0.05, 0.1) is 11.2 Å². The van der Waals surface area contributed by atoms with Crippen LogP contribution in [0.1, 0.15) is 5.76 Å². The molecule has 72 valence electrons. The fourth-order valence-electron chi connectivity index (χ4n) is 1.03. The van der Waals surface area contributed by atoms with E-state index in [1.54, 1.807) is 24.4 Å². The molecule has 2 rings (SSSR count). The molecule has 0 saturated heterocycles. The number of hydrogen-bond donors (Lipinski definition) is 0. The minimum absolute atomic E-state index is 0.337. The lowest BCUT2D eigenvalue weighted by molar-refractivity contribution is 0.249. The third kappa shape index (κ3) is 2.06. The van der Waals surface area contributed by atoms with Crippen molar-refractivity contribution in [3.8, 4) is 5.75 Å². The smallest absolute Gasteiger partial charge is 0.174 e. The van der Waals surface area contributed by atoms with E-state index in [1.807, 2.05) is 12.1 Å². The zero-order chi connectivity index (χ0) is 9.80. The minimum Gasteiger partial charge on any atom is -0.484 e. The number of nitrogens with zero attached hydrogens (tertiary/aromatic N) is 1. The second kappa shape index (κ2) is 4.15. The normalized spacial score (nSPS) is 10.1. The minimum atomic E-state index is 0.337. The van der Waals surface area contributed by atoms with E-state index < -0.39 is 0 Å². The summed E-state index contributed by atoms with van der Waals surface area (Å²) in [7, 11) is 0. The first-order chi connectivity index (χ1) is 6.86. The third-order valence-electron chi connectivity index (χ3n) is 1.70. The summed E-state index contributed by atoms with van der Waals surface area (Å²) in [5.41, 5.74) is 0. The molecule has 0 spiro atoms. The zero-order valence-electron chi connectivity index (χ0n) is 7.31. The molecule has 0 aliphatic carbocycles. The van der Waals surface area contributed by atoms with E-state index in [9.17, 15) is 0 Å². The van der Waals surface area contributed by atoms with Crippen molar-refractivity contribution < 1.29 is 9.26 Å². The average Bonchev–Trinajstić information content (AvgIpc) is 2.69. The number of rotatable bonds is 3. The van der Waals surface area contributed by atoms with Crippen LogP contribution in [0.2, 0.25) is 5.02 Å². The highest BCUT2D eigenvalue weighted by Crippen LogP contribution is 2.23. The summed E-state index contributed by atoms with van der Waals surface area (Å²) in [6, 6.07) is 9.04. The van der Waals surface area contributed by atoms with Gasteiger partial charge in [0.1, 0.15) is 12.4 Å². The molecule has 4 heteroatoms. The number of halogens is 1. The molecule has 2 aromatic rings. The van der Waals surface area contributed by atoms with E-state index in [1.165, 1.54) is 0 Å². The van der Waals surface area contributed by atoms with Gasteiger partial charge in [0, 0.05) is 6.07 Å². The number of para-hydroxylation sites is 1. The van der Waals surface area contributed by atoms with Crippen molar-refractivity contribution in [1.29, 1.82) is 0 Å². The second-order valence-electron chi connectivity index (χ2n) is 2.70. The maximum Gasteiger partial charge on any atom is 0.174 e. The molecule has 0 bridgehead atoms. The van der Waals surface area contributed by atoms with Crippen LogP contribution >= 0.6 is 11.6 Å². The van der Waals surface area contributed by atoms with Crippen LogP contribution in [-0.4, -0.2) is 5.16 Å². The van der Waals surface area contributed by atoms with Gasteiger partial charge in [-0.2, -0.15) is 0 Å². The summed E-state index contributed by atoms with van der Waals surface area (Å²) in [5.74, 6) is 1.32. The number of ether oxygens (including phenoxy) is 1. The lowest BCUT2D eigenvalue weighted by atomic mass is 10.3. The first kappa shape index (κ1) is 9.09. The lowest BCUT2D eigenvalue weighted by Crippen LogP contribution is -1.93. The summed E-state index contributed by atoms with van der Waals surface area (Å²) in [6.45, 7) is 0.337. The quantitative estimate of drug-likeness (QED) is 0.780. The highest BCUT2D eigenvalue weighted by molar-refractivity contribution is 6.32. The molecule has 0 aliphatic rings. The summed E-state index contributed by atoms with van der Waals surface area (Å²) < 4.78 is 10.3. The van der Waals surface area contributed by atoms with Crippen molar-refractivity contribution in [2.45, 2.75) is 6.61 Å². The van der Waals surface area contributed by atoms with Gasteiger partial charge in [0.2, 0.25) is 0 Å². The molecule has 0 fully saturated rings. The molecule has 0 aliphatic heterocycles. The molecular weight excluding hydrogens is 202 g/mol. The summed E-state index contributed by atoms with van der Waals surface area (Å²) in [4.78, 5) is 0. The molecule has 0 unspecified atom stereocenters. The molecule has 14 heavy (non-hydrogen) atoms. The lowest BCUT2D eigenvalue weighted by Gasteiger charge is -2.04. The van der Waals surface area contributed by atoms with Crippen LogP contribution < -0.4 is 4.74 Å². The molecule has 3 nitrogen and oxygen atoms in total. The Balaban J connectivity index is 2.02. The largest absolute Gasteiger partial charge is 0.484 e. The SMILES string of the molecule is Clc1ccccc1OCc1ccno1. The maximum atomic E-state index is 5.89. The van der Waals surface area contributed by atoms with E-state index in [0.717, 1.165) is 0 Å². The van der Waals surface area contributed by atoms with Gasteiger partial charge < -0.3 is 9.26 Å². The molecule has 0 saturated carbocycles. The number of aromatic nitrogens is 1. The van der Waals surface area contributed by atoms with Crippen molar-refractivity contribution in [1.82, 2.24) is 5.16 Å². The van der Waals surface area contributed by atoms with Crippen LogP contribution in [-0.2, 0) is 6.61 Å². The van der Waals surface area contributed by atoms with Crippen LogP contribution in [0.25, 0.3) is 0 Å². The standard InChI is InChI=1S/C10H8ClNO2/c11-9-3-1-2-4-10(9)13-7-8-5-6-12-14-8/h1-6H,7H2. The third-order valence-corrected chi connectivity index (χ3v) is 2.01. The molecule has 0 radical (unpaired) electrons. The monoisotopic (exact) mass is 209 g/mol. The Kier molecular flexibility index (Phi) is 2.70. The van der Waals surface area contributed by atoms with Gasteiger partial charge >= 0.3 is 0 Å². The molecule has 0 atom stereocenters. The number of hydrogen-bond acceptors (Lipinski definition) is 3. The fourth-order valence-corrected chi connectivity index (χ4v) is 1.22. The molecule has 0 amide bonds. The molecule has 1 heterocycles. The molecule has 1 aromatic heterocycles. The maximum absolute atomic E-state index is 5.89. The van der Waals surface area contributed by atoms with Crippen molar-refractivity contribution in [3.05, 3.63) is 47.3 Å². The van der Waals surface area contributed by atoms with E-state index in [2.05, 4.69) is 5.16 Å². The Hall–Kier alpha value is -1.48. The second-order valence-corrected chi connectivity index (χ2v) is 3.11. The molecule has 0 N–H and O–H groups in total. The summed E-state index contributed by atoms with van der Waals surface area (Å²) in [5, 5.41) is 4.16. The van der Waals surface area contributed by atoms with Crippen LogP contribution in [0.4, 0.5) is 0 Å². The van der Waals surface area contributed by atoms with Crippen LogP contribution in [0.5, 0.6) is 5.75 Å². The van der Waals surface area contributed by atoms with Gasteiger partial charge in [-0.3, -0.25) is 0 Å². The van der Waals surface area contributed by atoms with Crippen molar-refractivity contribution in [2.75, 3.05) is 0 Å². The van der Waals surface area contributed by atoms with Gasteiger partial charge in [0.15, 0.2) is 5.76 Å². The summed E-state index contributed by atoms with van der Waals surface area (Å²) in [6.07, 6.45) is 1.57. The van der Waals surface area contributed by atoms with Crippen molar-refractivity contribution in [2.24, 2.45) is 0 Å². The predicted molar refractivity (Wildman–Crippen MR) is 52.3 cm³/mol.